The van der Waals surface area contributed by atoms with Crippen LogP contribution in [0, 0.1) is 0 Å². The van der Waals surface area contributed by atoms with Gasteiger partial charge in [-0.2, -0.15) is 0 Å². The summed E-state index contributed by atoms with van der Waals surface area (Å²) >= 11 is 7.77. The lowest BCUT2D eigenvalue weighted by atomic mass is 9.81. The van der Waals surface area contributed by atoms with E-state index in [9.17, 15) is 9.59 Å². The third-order valence-electron chi connectivity index (χ3n) is 6.84. The van der Waals surface area contributed by atoms with Crippen LogP contribution in [0.2, 0.25) is 5.02 Å². The second-order valence-electron chi connectivity index (χ2n) is 8.81. The molecule has 2 aliphatic heterocycles. The first kappa shape index (κ1) is 23.9. The number of nitrogens with zero attached hydrogens (tertiary/aromatic N) is 3. The summed E-state index contributed by atoms with van der Waals surface area (Å²) in [5.41, 5.74) is 2.49. The Kier molecular flexibility index (Phi) is 7.09. The third kappa shape index (κ3) is 4.68. The molecule has 2 amide bonds. The van der Waals surface area contributed by atoms with Crippen LogP contribution >= 0.6 is 22.9 Å². The Labute approximate surface area is 214 Å². The largest absolute Gasteiger partial charge is 0.383 e. The molecule has 5 rings (SSSR count). The molecule has 0 aliphatic carbocycles. The molecule has 0 saturated carbocycles. The molecule has 8 heteroatoms. The minimum absolute atomic E-state index is 0.0501. The van der Waals surface area contributed by atoms with Crippen LogP contribution in [-0.4, -0.2) is 68.1 Å². The number of piperazine rings is 1. The zero-order chi connectivity index (χ0) is 24.4. The Balaban J connectivity index is 1.46. The summed E-state index contributed by atoms with van der Waals surface area (Å²) < 4.78 is 5.32. The van der Waals surface area contributed by atoms with Crippen LogP contribution < -0.4 is 4.90 Å². The second-order valence-corrected chi connectivity index (χ2v) is 10.2. The maximum Gasteiger partial charge on any atom is 0.254 e. The molecule has 2 aliphatic rings. The summed E-state index contributed by atoms with van der Waals surface area (Å²) in [6.45, 7) is 3.54. The topological polar surface area (TPSA) is 53.1 Å². The van der Waals surface area contributed by atoms with Crippen molar-refractivity contribution in [1.29, 1.82) is 0 Å². The Bertz CT molecular complexity index is 1190. The highest BCUT2D eigenvalue weighted by atomic mass is 35.5. The average Bonchev–Trinajstić information content (AvgIpc) is 3.42. The number of ether oxygens (including phenoxy) is 1. The molecule has 2 aromatic carbocycles. The number of hydrogen-bond donors (Lipinski definition) is 0. The van der Waals surface area contributed by atoms with E-state index in [1.54, 1.807) is 18.4 Å². The van der Waals surface area contributed by atoms with Gasteiger partial charge in [0.25, 0.3) is 5.91 Å². The van der Waals surface area contributed by atoms with E-state index in [1.165, 1.54) is 0 Å². The number of thiophene rings is 1. The van der Waals surface area contributed by atoms with Gasteiger partial charge in [-0.15, -0.1) is 11.3 Å². The van der Waals surface area contributed by atoms with Gasteiger partial charge in [-0.1, -0.05) is 41.9 Å². The molecule has 1 aromatic heterocycles. The quantitative estimate of drug-likeness (QED) is 0.484. The number of benzene rings is 2. The molecule has 182 valence electrons. The summed E-state index contributed by atoms with van der Waals surface area (Å²) in [5.74, 6) is -0.445. The maximum atomic E-state index is 14.2. The normalized spacial score (nSPS) is 20.2. The van der Waals surface area contributed by atoms with Gasteiger partial charge in [0.05, 0.1) is 18.6 Å². The van der Waals surface area contributed by atoms with E-state index in [0.29, 0.717) is 36.8 Å². The van der Waals surface area contributed by atoms with Gasteiger partial charge in [0.15, 0.2) is 0 Å². The minimum Gasteiger partial charge on any atom is -0.383 e. The standard InChI is InChI=1S/C27H28ClN3O3S/c1-34-16-15-31-25(23-10-5-17-35-23)24(21-8-2-3-9-22(21)26(31)32)27(33)30-13-11-29(12-14-30)20-7-4-6-19(28)18-20/h2-10,17-18,24-25H,11-16H2,1H3/t24-,25-/m1/s1. The molecular formula is C27H28ClN3O3S. The van der Waals surface area contributed by atoms with Crippen LogP contribution in [-0.2, 0) is 9.53 Å². The molecule has 0 unspecified atom stereocenters. The summed E-state index contributed by atoms with van der Waals surface area (Å²) in [7, 11) is 1.63. The zero-order valence-corrected chi connectivity index (χ0v) is 21.2. The fourth-order valence-electron chi connectivity index (χ4n) is 5.12. The number of anilines is 1. The predicted octanol–water partition coefficient (Wildman–Crippen LogP) is 4.68. The molecular weight excluding hydrogens is 482 g/mol. The Hall–Kier alpha value is -2.87. The number of carbonyl (C=O) groups is 2. The fraction of sp³-hybridized carbons (Fsp3) is 0.333. The Morgan fingerprint density at radius 2 is 1.86 bits per heavy atom. The lowest BCUT2D eigenvalue weighted by Crippen LogP contribution is -2.53. The van der Waals surface area contributed by atoms with Gasteiger partial charge in [0.1, 0.15) is 0 Å². The van der Waals surface area contributed by atoms with Crippen LogP contribution in [0.1, 0.15) is 32.8 Å². The monoisotopic (exact) mass is 509 g/mol. The summed E-state index contributed by atoms with van der Waals surface area (Å²) in [6.07, 6.45) is 0. The first-order valence-electron chi connectivity index (χ1n) is 11.8. The van der Waals surface area contributed by atoms with Crippen LogP contribution in [0.3, 0.4) is 0 Å². The van der Waals surface area contributed by atoms with E-state index in [4.69, 9.17) is 16.3 Å². The van der Waals surface area contributed by atoms with Crippen molar-refractivity contribution in [3.05, 3.63) is 87.1 Å². The van der Waals surface area contributed by atoms with Gasteiger partial charge in [0.2, 0.25) is 5.91 Å². The molecule has 0 N–H and O–H groups in total. The highest BCUT2D eigenvalue weighted by molar-refractivity contribution is 7.10. The molecule has 3 heterocycles. The third-order valence-corrected chi connectivity index (χ3v) is 8.02. The number of fused-ring (bicyclic) bond motifs is 1. The molecule has 0 radical (unpaired) electrons. The van der Waals surface area contributed by atoms with E-state index in [1.807, 2.05) is 75.8 Å². The van der Waals surface area contributed by atoms with Crippen LogP contribution in [0.5, 0.6) is 0 Å². The van der Waals surface area contributed by atoms with Crippen molar-refractivity contribution in [3.8, 4) is 0 Å². The number of carbonyl (C=O) groups excluding carboxylic acids is 2. The van der Waals surface area contributed by atoms with Crippen LogP contribution in [0.25, 0.3) is 0 Å². The van der Waals surface area contributed by atoms with Gasteiger partial charge in [-0.3, -0.25) is 9.59 Å². The SMILES string of the molecule is COCCN1C(=O)c2ccccc2[C@@H](C(=O)N2CCN(c3cccc(Cl)c3)CC2)[C@H]1c1cccs1. The maximum absolute atomic E-state index is 14.2. The first-order chi connectivity index (χ1) is 17.1. The van der Waals surface area contributed by atoms with Gasteiger partial charge in [0, 0.05) is 61.0 Å². The summed E-state index contributed by atoms with van der Waals surface area (Å²) in [4.78, 5) is 34.7. The van der Waals surface area contributed by atoms with Crippen molar-refractivity contribution in [2.45, 2.75) is 12.0 Å². The smallest absolute Gasteiger partial charge is 0.254 e. The lowest BCUT2D eigenvalue weighted by molar-refractivity contribution is -0.135. The van der Waals surface area contributed by atoms with Crippen molar-refractivity contribution in [3.63, 3.8) is 0 Å². The van der Waals surface area contributed by atoms with Crippen LogP contribution in [0.4, 0.5) is 5.69 Å². The van der Waals surface area contributed by atoms with Crippen LogP contribution in [0.15, 0.2) is 66.0 Å². The molecule has 3 aromatic rings. The zero-order valence-electron chi connectivity index (χ0n) is 19.6. The predicted molar refractivity (Wildman–Crippen MR) is 139 cm³/mol. The van der Waals surface area contributed by atoms with E-state index in [0.717, 1.165) is 29.2 Å². The van der Waals surface area contributed by atoms with E-state index in [2.05, 4.69) is 4.90 Å². The van der Waals surface area contributed by atoms with Gasteiger partial charge >= 0.3 is 0 Å². The molecule has 1 saturated heterocycles. The van der Waals surface area contributed by atoms with E-state index >= 15 is 0 Å². The number of methoxy groups -OCH3 is 1. The van der Waals surface area contributed by atoms with Gasteiger partial charge < -0.3 is 19.4 Å². The number of amides is 2. The molecule has 1 fully saturated rings. The molecule has 2 atom stereocenters. The van der Waals surface area contributed by atoms with Crippen molar-refractivity contribution in [1.82, 2.24) is 9.80 Å². The second kappa shape index (κ2) is 10.4. The first-order valence-corrected chi connectivity index (χ1v) is 13.1. The minimum atomic E-state index is -0.461. The van der Waals surface area contributed by atoms with Crippen molar-refractivity contribution in [2.75, 3.05) is 51.3 Å². The van der Waals surface area contributed by atoms with Gasteiger partial charge in [-0.25, -0.2) is 0 Å². The number of halogens is 1. The summed E-state index contributed by atoms with van der Waals surface area (Å²) in [5, 5.41) is 2.71. The number of rotatable bonds is 6. The highest BCUT2D eigenvalue weighted by Crippen LogP contribution is 2.45. The van der Waals surface area contributed by atoms with E-state index < -0.39 is 5.92 Å². The molecule has 6 nitrogen and oxygen atoms in total. The highest BCUT2D eigenvalue weighted by Gasteiger charge is 2.46. The molecule has 0 bridgehead atoms. The van der Waals surface area contributed by atoms with Crippen molar-refractivity contribution < 1.29 is 14.3 Å². The summed E-state index contributed by atoms with van der Waals surface area (Å²) in [6, 6.07) is 19.0. The lowest BCUT2D eigenvalue weighted by Gasteiger charge is -2.44. The average molecular weight is 510 g/mol. The Morgan fingerprint density at radius 3 is 2.57 bits per heavy atom. The van der Waals surface area contributed by atoms with Crippen molar-refractivity contribution >= 4 is 40.4 Å². The van der Waals surface area contributed by atoms with Gasteiger partial charge in [-0.05, 0) is 41.3 Å². The van der Waals surface area contributed by atoms with E-state index in [-0.39, 0.29) is 17.9 Å². The number of hydrogen-bond acceptors (Lipinski definition) is 5. The fourth-order valence-corrected chi connectivity index (χ4v) is 6.18. The molecule has 0 spiro atoms. The van der Waals surface area contributed by atoms with Crippen molar-refractivity contribution in [2.24, 2.45) is 0 Å². The Morgan fingerprint density at radius 1 is 1.06 bits per heavy atom. The molecule has 35 heavy (non-hydrogen) atoms.